The van der Waals surface area contributed by atoms with Gasteiger partial charge in [-0.25, -0.2) is 9.97 Å². The van der Waals surface area contributed by atoms with E-state index >= 15 is 0 Å². The summed E-state index contributed by atoms with van der Waals surface area (Å²) in [6.07, 6.45) is 2.64. The molecule has 104 valence electrons. The molecule has 1 aromatic rings. The molecule has 1 N–H and O–H groups in total. The Hall–Kier alpha value is -1.49. The van der Waals surface area contributed by atoms with Crippen LogP contribution < -0.4 is 5.32 Å². The number of nitrogens with zero attached hydrogens (tertiary/aromatic N) is 3. The number of amides is 1. The molecule has 0 aliphatic carbocycles. The predicted molar refractivity (Wildman–Crippen MR) is 73.6 cm³/mol. The second kappa shape index (κ2) is 6.10. The molecule has 1 aliphatic rings. The van der Waals surface area contributed by atoms with E-state index in [1.165, 1.54) is 0 Å². The minimum Gasteiger partial charge on any atom is -0.353 e. The zero-order chi connectivity index (χ0) is 13.8. The summed E-state index contributed by atoms with van der Waals surface area (Å²) in [5.74, 6) is 1.32. The van der Waals surface area contributed by atoms with Crippen LogP contribution in [0.1, 0.15) is 44.6 Å². The first-order chi connectivity index (χ1) is 9.11. The smallest absolute Gasteiger partial charge is 0.237 e. The van der Waals surface area contributed by atoms with Gasteiger partial charge in [0.15, 0.2) is 0 Å². The van der Waals surface area contributed by atoms with E-state index in [0.29, 0.717) is 12.5 Å². The van der Waals surface area contributed by atoms with Crippen molar-refractivity contribution in [3.05, 3.63) is 23.8 Å². The quantitative estimate of drug-likeness (QED) is 0.889. The zero-order valence-corrected chi connectivity index (χ0v) is 11.9. The molecule has 0 bridgehead atoms. The van der Waals surface area contributed by atoms with Crippen molar-refractivity contribution in [3.63, 3.8) is 0 Å². The highest BCUT2D eigenvalue weighted by Gasteiger charge is 2.28. The van der Waals surface area contributed by atoms with Gasteiger partial charge in [-0.3, -0.25) is 9.69 Å². The molecule has 0 saturated carbocycles. The number of piperazine rings is 1. The molecule has 2 rings (SSSR count). The van der Waals surface area contributed by atoms with Gasteiger partial charge in [0.05, 0.1) is 11.7 Å². The number of carbonyl (C=O) groups is 1. The SMILES string of the molecule is CCC1C(=O)NCCN1Cc1ccnc(C(C)C)n1. The third kappa shape index (κ3) is 3.29. The second-order valence-electron chi connectivity index (χ2n) is 5.25. The van der Waals surface area contributed by atoms with E-state index in [0.717, 1.165) is 31.0 Å². The number of aromatic nitrogens is 2. The molecule has 19 heavy (non-hydrogen) atoms. The summed E-state index contributed by atoms with van der Waals surface area (Å²) in [5, 5.41) is 2.92. The lowest BCUT2D eigenvalue weighted by Gasteiger charge is -2.34. The van der Waals surface area contributed by atoms with Gasteiger partial charge < -0.3 is 5.32 Å². The Morgan fingerprint density at radius 3 is 3.00 bits per heavy atom. The number of hydrogen-bond acceptors (Lipinski definition) is 4. The normalized spacial score (nSPS) is 20.6. The van der Waals surface area contributed by atoms with E-state index in [9.17, 15) is 4.79 Å². The Kier molecular flexibility index (Phi) is 4.47. The van der Waals surface area contributed by atoms with Crippen LogP contribution in [0.25, 0.3) is 0 Å². The van der Waals surface area contributed by atoms with Gasteiger partial charge in [-0.15, -0.1) is 0 Å². The van der Waals surface area contributed by atoms with Crippen molar-refractivity contribution < 1.29 is 4.79 Å². The average molecular weight is 262 g/mol. The van der Waals surface area contributed by atoms with Gasteiger partial charge in [0.1, 0.15) is 5.82 Å². The van der Waals surface area contributed by atoms with Crippen molar-refractivity contribution in [1.29, 1.82) is 0 Å². The molecular weight excluding hydrogens is 240 g/mol. The van der Waals surface area contributed by atoms with E-state index in [-0.39, 0.29) is 11.9 Å². The van der Waals surface area contributed by atoms with Crippen molar-refractivity contribution in [1.82, 2.24) is 20.2 Å². The first kappa shape index (κ1) is 13.9. The lowest BCUT2D eigenvalue weighted by atomic mass is 10.1. The molecule has 1 unspecified atom stereocenters. The van der Waals surface area contributed by atoms with E-state index in [4.69, 9.17) is 0 Å². The summed E-state index contributed by atoms with van der Waals surface area (Å²) in [6.45, 7) is 8.53. The molecule has 0 spiro atoms. The van der Waals surface area contributed by atoms with Gasteiger partial charge in [-0.05, 0) is 12.5 Å². The average Bonchev–Trinajstić information content (AvgIpc) is 2.39. The van der Waals surface area contributed by atoms with E-state index in [1.54, 1.807) is 0 Å². The van der Waals surface area contributed by atoms with Crippen LogP contribution in [-0.2, 0) is 11.3 Å². The van der Waals surface area contributed by atoms with Gasteiger partial charge >= 0.3 is 0 Å². The molecule has 5 nitrogen and oxygen atoms in total. The van der Waals surface area contributed by atoms with Crippen molar-refractivity contribution in [2.75, 3.05) is 13.1 Å². The van der Waals surface area contributed by atoms with Crippen LogP contribution in [0.3, 0.4) is 0 Å². The fourth-order valence-corrected chi connectivity index (χ4v) is 2.38. The molecule has 5 heteroatoms. The fourth-order valence-electron chi connectivity index (χ4n) is 2.38. The summed E-state index contributed by atoms with van der Waals surface area (Å²) in [6, 6.07) is 1.90. The molecule has 1 amide bonds. The molecule has 1 aliphatic heterocycles. The molecule has 1 atom stereocenters. The maximum Gasteiger partial charge on any atom is 0.237 e. The predicted octanol–water partition coefficient (Wildman–Crippen LogP) is 1.31. The van der Waals surface area contributed by atoms with E-state index in [1.807, 2.05) is 19.2 Å². The monoisotopic (exact) mass is 262 g/mol. The molecule has 1 fully saturated rings. The Morgan fingerprint density at radius 2 is 2.32 bits per heavy atom. The van der Waals surface area contributed by atoms with Crippen molar-refractivity contribution in [2.45, 2.75) is 45.7 Å². The Balaban J connectivity index is 2.11. The summed E-state index contributed by atoms with van der Waals surface area (Å²) in [7, 11) is 0. The van der Waals surface area contributed by atoms with Crippen LogP contribution in [0.15, 0.2) is 12.3 Å². The van der Waals surface area contributed by atoms with E-state index in [2.05, 4.69) is 34.0 Å². The Bertz CT molecular complexity index is 447. The van der Waals surface area contributed by atoms with Crippen LogP contribution in [0.4, 0.5) is 0 Å². The molecule has 1 aromatic heterocycles. The molecule has 2 heterocycles. The van der Waals surface area contributed by atoms with Gasteiger partial charge in [0, 0.05) is 31.7 Å². The molecule has 0 radical (unpaired) electrons. The highest BCUT2D eigenvalue weighted by molar-refractivity contribution is 5.82. The maximum absolute atomic E-state index is 11.8. The second-order valence-corrected chi connectivity index (χ2v) is 5.25. The molecular formula is C14H22N4O. The lowest BCUT2D eigenvalue weighted by Crippen LogP contribution is -2.54. The molecule has 1 saturated heterocycles. The van der Waals surface area contributed by atoms with Crippen molar-refractivity contribution in [3.8, 4) is 0 Å². The van der Waals surface area contributed by atoms with E-state index < -0.39 is 0 Å². The van der Waals surface area contributed by atoms with Gasteiger partial charge in [-0.2, -0.15) is 0 Å². The van der Waals surface area contributed by atoms with Crippen LogP contribution in [-0.4, -0.2) is 39.9 Å². The number of hydrogen-bond donors (Lipinski definition) is 1. The minimum atomic E-state index is -0.0359. The standard InChI is InChI=1S/C14H22N4O/c1-4-12-14(19)16-7-8-18(12)9-11-5-6-15-13(17-11)10(2)3/h5-6,10,12H,4,7-9H2,1-3H3,(H,16,19). The van der Waals surface area contributed by atoms with Crippen molar-refractivity contribution >= 4 is 5.91 Å². The van der Waals surface area contributed by atoms with Gasteiger partial charge in [0.25, 0.3) is 0 Å². The largest absolute Gasteiger partial charge is 0.353 e. The number of rotatable bonds is 4. The van der Waals surface area contributed by atoms with Gasteiger partial charge in [0.2, 0.25) is 5.91 Å². The minimum absolute atomic E-state index is 0.0359. The zero-order valence-electron chi connectivity index (χ0n) is 11.9. The summed E-state index contributed by atoms with van der Waals surface area (Å²) < 4.78 is 0. The van der Waals surface area contributed by atoms with Crippen LogP contribution in [0.5, 0.6) is 0 Å². The number of carbonyl (C=O) groups excluding carboxylic acids is 1. The highest BCUT2D eigenvalue weighted by Crippen LogP contribution is 2.14. The fraction of sp³-hybridized carbons (Fsp3) is 0.643. The first-order valence-electron chi connectivity index (χ1n) is 6.95. The third-order valence-electron chi connectivity index (χ3n) is 3.44. The maximum atomic E-state index is 11.8. The first-order valence-corrected chi connectivity index (χ1v) is 6.95. The topological polar surface area (TPSA) is 58.1 Å². The Labute approximate surface area is 114 Å². The summed E-state index contributed by atoms with van der Waals surface area (Å²) >= 11 is 0. The van der Waals surface area contributed by atoms with Gasteiger partial charge in [-0.1, -0.05) is 20.8 Å². The molecule has 0 aromatic carbocycles. The summed E-state index contributed by atoms with van der Waals surface area (Å²) in [4.78, 5) is 22.9. The lowest BCUT2D eigenvalue weighted by molar-refractivity contribution is -0.129. The number of nitrogens with one attached hydrogen (secondary N) is 1. The van der Waals surface area contributed by atoms with Crippen LogP contribution in [0, 0.1) is 0 Å². The Morgan fingerprint density at radius 1 is 1.53 bits per heavy atom. The highest BCUT2D eigenvalue weighted by atomic mass is 16.2. The third-order valence-corrected chi connectivity index (χ3v) is 3.44. The summed E-state index contributed by atoms with van der Waals surface area (Å²) in [5.41, 5.74) is 0.992. The van der Waals surface area contributed by atoms with Crippen molar-refractivity contribution in [2.24, 2.45) is 0 Å². The van der Waals surface area contributed by atoms with Crippen LogP contribution in [0.2, 0.25) is 0 Å². The van der Waals surface area contributed by atoms with Crippen LogP contribution >= 0.6 is 0 Å².